The van der Waals surface area contributed by atoms with Crippen LogP contribution in [0.25, 0.3) is 0 Å². The highest BCUT2D eigenvalue weighted by atomic mass is 16.5. The molecular weight excluding hydrogens is 200 g/mol. The molecule has 0 amide bonds. The topological polar surface area (TPSA) is 38.5 Å². The standard InChI is InChI=1S/C13H18N2O/c14-13(5-6-13)11-3-1-2-4-12(11)15-7-9-16-10-8-15/h1-4H,5-10,14H2. The van der Waals surface area contributed by atoms with Crippen molar-refractivity contribution in [2.24, 2.45) is 5.73 Å². The number of anilines is 1. The van der Waals surface area contributed by atoms with Crippen LogP contribution in [0.5, 0.6) is 0 Å². The van der Waals surface area contributed by atoms with Gasteiger partial charge in [-0.2, -0.15) is 0 Å². The van der Waals surface area contributed by atoms with Crippen molar-refractivity contribution in [2.45, 2.75) is 18.4 Å². The lowest BCUT2D eigenvalue weighted by Gasteiger charge is -2.31. The molecular formula is C13H18N2O. The maximum Gasteiger partial charge on any atom is 0.0642 e. The minimum atomic E-state index is -0.0467. The molecule has 0 aromatic heterocycles. The Bertz CT molecular complexity index is 381. The molecule has 0 spiro atoms. The fraction of sp³-hybridized carbons (Fsp3) is 0.538. The van der Waals surface area contributed by atoms with Gasteiger partial charge in [-0.1, -0.05) is 18.2 Å². The fourth-order valence-electron chi connectivity index (χ4n) is 2.38. The zero-order valence-corrected chi connectivity index (χ0v) is 9.48. The second-order valence-corrected chi connectivity index (χ2v) is 4.77. The Labute approximate surface area is 96.2 Å². The number of nitrogens with zero attached hydrogens (tertiary/aromatic N) is 1. The monoisotopic (exact) mass is 218 g/mol. The zero-order valence-electron chi connectivity index (χ0n) is 9.48. The summed E-state index contributed by atoms with van der Waals surface area (Å²) < 4.78 is 5.39. The van der Waals surface area contributed by atoms with Crippen molar-refractivity contribution < 1.29 is 4.74 Å². The predicted octanol–water partition coefficient (Wildman–Crippen LogP) is 1.47. The highest BCUT2D eigenvalue weighted by Gasteiger charge is 2.42. The number of morpholine rings is 1. The van der Waals surface area contributed by atoms with Crippen LogP contribution in [0.1, 0.15) is 18.4 Å². The van der Waals surface area contributed by atoms with Crippen molar-refractivity contribution in [1.29, 1.82) is 0 Å². The van der Waals surface area contributed by atoms with E-state index < -0.39 is 0 Å². The van der Waals surface area contributed by atoms with Gasteiger partial charge in [0.2, 0.25) is 0 Å². The second kappa shape index (κ2) is 3.75. The van der Waals surface area contributed by atoms with Gasteiger partial charge in [0.05, 0.1) is 13.2 Å². The third kappa shape index (κ3) is 1.70. The fourth-order valence-corrected chi connectivity index (χ4v) is 2.38. The summed E-state index contributed by atoms with van der Waals surface area (Å²) in [7, 11) is 0. The average Bonchev–Trinajstić information content (AvgIpc) is 3.10. The summed E-state index contributed by atoms with van der Waals surface area (Å²) in [6.07, 6.45) is 2.24. The van der Waals surface area contributed by atoms with Crippen LogP contribution in [0.2, 0.25) is 0 Å². The minimum absolute atomic E-state index is 0.0467. The quantitative estimate of drug-likeness (QED) is 0.817. The summed E-state index contributed by atoms with van der Waals surface area (Å²) in [5, 5.41) is 0. The van der Waals surface area contributed by atoms with Crippen LogP contribution in [0.4, 0.5) is 5.69 Å². The maximum atomic E-state index is 6.32. The van der Waals surface area contributed by atoms with E-state index in [0.717, 1.165) is 39.1 Å². The molecule has 3 heteroatoms. The van der Waals surface area contributed by atoms with Crippen LogP contribution < -0.4 is 10.6 Å². The molecule has 0 atom stereocenters. The molecule has 0 radical (unpaired) electrons. The van der Waals surface area contributed by atoms with E-state index in [1.807, 2.05) is 0 Å². The molecule has 1 saturated carbocycles. The molecule has 1 heterocycles. The third-order valence-corrected chi connectivity index (χ3v) is 3.58. The summed E-state index contributed by atoms with van der Waals surface area (Å²) in [4.78, 5) is 2.39. The molecule has 3 nitrogen and oxygen atoms in total. The molecule has 2 N–H and O–H groups in total. The largest absolute Gasteiger partial charge is 0.378 e. The molecule has 0 bridgehead atoms. The van der Waals surface area contributed by atoms with Gasteiger partial charge < -0.3 is 15.4 Å². The number of para-hydroxylation sites is 1. The molecule has 86 valence electrons. The molecule has 2 fully saturated rings. The first-order valence-electron chi connectivity index (χ1n) is 6.01. The Balaban J connectivity index is 1.93. The predicted molar refractivity (Wildman–Crippen MR) is 64.6 cm³/mol. The highest BCUT2D eigenvalue weighted by molar-refractivity contribution is 5.58. The lowest BCUT2D eigenvalue weighted by molar-refractivity contribution is 0.122. The molecule has 1 aliphatic carbocycles. The van der Waals surface area contributed by atoms with E-state index in [2.05, 4.69) is 29.2 Å². The van der Waals surface area contributed by atoms with Gasteiger partial charge in [-0.25, -0.2) is 0 Å². The van der Waals surface area contributed by atoms with Gasteiger partial charge in [0, 0.05) is 24.3 Å². The molecule has 2 aliphatic rings. The van der Waals surface area contributed by atoms with E-state index in [1.54, 1.807) is 0 Å². The van der Waals surface area contributed by atoms with Gasteiger partial charge >= 0.3 is 0 Å². The Morgan fingerprint density at radius 2 is 1.81 bits per heavy atom. The highest BCUT2D eigenvalue weighted by Crippen LogP contribution is 2.46. The second-order valence-electron chi connectivity index (χ2n) is 4.77. The van der Waals surface area contributed by atoms with Gasteiger partial charge in [0.1, 0.15) is 0 Å². The molecule has 16 heavy (non-hydrogen) atoms. The number of hydrogen-bond acceptors (Lipinski definition) is 3. The number of rotatable bonds is 2. The SMILES string of the molecule is NC1(c2ccccc2N2CCOCC2)CC1. The van der Waals surface area contributed by atoms with Gasteiger partial charge in [0.25, 0.3) is 0 Å². The van der Waals surface area contributed by atoms with Crippen LogP contribution in [0.3, 0.4) is 0 Å². The van der Waals surface area contributed by atoms with E-state index in [-0.39, 0.29) is 5.54 Å². The normalized spacial score (nSPS) is 23.2. The summed E-state index contributed by atoms with van der Waals surface area (Å²) in [6, 6.07) is 8.55. The number of benzene rings is 1. The van der Waals surface area contributed by atoms with Crippen molar-refractivity contribution in [3.63, 3.8) is 0 Å². The van der Waals surface area contributed by atoms with E-state index in [4.69, 9.17) is 10.5 Å². The van der Waals surface area contributed by atoms with Crippen molar-refractivity contribution in [2.75, 3.05) is 31.2 Å². The Morgan fingerprint density at radius 1 is 1.12 bits per heavy atom. The number of nitrogens with two attached hydrogens (primary N) is 1. The first-order valence-corrected chi connectivity index (χ1v) is 6.01. The molecule has 1 aliphatic heterocycles. The van der Waals surface area contributed by atoms with Crippen molar-refractivity contribution in [3.8, 4) is 0 Å². The number of hydrogen-bond donors (Lipinski definition) is 1. The summed E-state index contributed by atoms with van der Waals surface area (Å²) in [5.41, 5.74) is 8.90. The molecule has 0 unspecified atom stereocenters. The zero-order chi connectivity index (χ0) is 11.0. The summed E-state index contributed by atoms with van der Waals surface area (Å²) in [5.74, 6) is 0. The lowest BCUT2D eigenvalue weighted by Crippen LogP contribution is -2.38. The molecule has 1 aromatic rings. The van der Waals surface area contributed by atoms with E-state index in [9.17, 15) is 0 Å². The molecule has 1 saturated heterocycles. The van der Waals surface area contributed by atoms with Crippen molar-refractivity contribution in [3.05, 3.63) is 29.8 Å². The van der Waals surface area contributed by atoms with Crippen LogP contribution in [0.15, 0.2) is 24.3 Å². The number of ether oxygens (including phenoxy) is 1. The Hall–Kier alpha value is -1.06. The lowest BCUT2D eigenvalue weighted by atomic mass is 10.0. The van der Waals surface area contributed by atoms with Gasteiger partial charge in [-0.3, -0.25) is 0 Å². The van der Waals surface area contributed by atoms with Crippen LogP contribution in [0, 0.1) is 0 Å². The third-order valence-electron chi connectivity index (χ3n) is 3.58. The first-order chi connectivity index (χ1) is 7.80. The average molecular weight is 218 g/mol. The molecule has 1 aromatic carbocycles. The molecule has 3 rings (SSSR count). The summed E-state index contributed by atoms with van der Waals surface area (Å²) in [6.45, 7) is 3.61. The first kappa shape index (κ1) is 10.1. The Kier molecular flexibility index (Phi) is 2.37. The maximum absolute atomic E-state index is 6.32. The Morgan fingerprint density at radius 3 is 2.50 bits per heavy atom. The van der Waals surface area contributed by atoms with Gasteiger partial charge in [-0.15, -0.1) is 0 Å². The van der Waals surface area contributed by atoms with Crippen LogP contribution >= 0.6 is 0 Å². The van der Waals surface area contributed by atoms with Gasteiger partial charge in [0.15, 0.2) is 0 Å². The van der Waals surface area contributed by atoms with Crippen molar-refractivity contribution >= 4 is 5.69 Å². The smallest absolute Gasteiger partial charge is 0.0642 e. The van der Waals surface area contributed by atoms with E-state index in [1.165, 1.54) is 11.3 Å². The van der Waals surface area contributed by atoms with Crippen LogP contribution in [-0.2, 0) is 10.3 Å². The van der Waals surface area contributed by atoms with Crippen LogP contribution in [-0.4, -0.2) is 26.3 Å². The van der Waals surface area contributed by atoms with Crippen molar-refractivity contribution in [1.82, 2.24) is 0 Å². The van der Waals surface area contributed by atoms with Gasteiger partial charge in [-0.05, 0) is 24.5 Å². The summed E-state index contributed by atoms with van der Waals surface area (Å²) >= 11 is 0. The van der Waals surface area contributed by atoms with E-state index in [0.29, 0.717) is 0 Å². The van der Waals surface area contributed by atoms with E-state index >= 15 is 0 Å². The minimum Gasteiger partial charge on any atom is -0.378 e.